The lowest BCUT2D eigenvalue weighted by molar-refractivity contribution is -0.127. The van der Waals surface area contributed by atoms with Crippen molar-refractivity contribution in [2.45, 2.75) is 51.0 Å². The lowest BCUT2D eigenvalue weighted by atomic mass is 9.91. The second kappa shape index (κ2) is 10.8. The van der Waals surface area contributed by atoms with Crippen molar-refractivity contribution in [2.75, 3.05) is 26.2 Å². The zero-order valence-corrected chi connectivity index (χ0v) is 20.8. The molecule has 3 N–H and O–H groups in total. The van der Waals surface area contributed by atoms with Crippen molar-refractivity contribution in [2.24, 2.45) is 0 Å². The second-order valence-electron chi connectivity index (χ2n) is 9.65. The number of nitrogens with one attached hydrogen (secondary N) is 3. The lowest BCUT2D eigenvalue weighted by Crippen LogP contribution is -2.30. The van der Waals surface area contributed by atoms with Gasteiger partial charge in [-0.25, -0.2) is 0 Å². The minimum Gasteiger partial charge on any atom is -0.357 e. The van der Waals surface area contributed by atoms with Crippen molar-refractivity contribution in [1.82, 2.24) is 20.5 Å². The Bertz CT molecular complexity index is 1220. The summed E-state index contributed by atoms with van der Waals surface area (Å²) in [4.78, 5) is 30.0. The van der Waals surface area contributed by atoms with Gasteiger partial charge in [0, 0.05) is 59.3 Å². The number of H-pyrrole nitrogens is 1. The molecule has 1 aromatic heterocycles. The summed E-state index contributed by atoms with van der Waals surface area (Å²) in [6, 6.07) is 14.3. The third kappa shape index (κ3) is 5.54. The van der Waals surface area contributed by atoms with E-state index in [1.54, 1.807) is 0 Å². The maximum atomic E-state index is 12.8. The molecule has 0 radical (unpaired) electrons. The van der Waals surface area contributed by atoms with Gasteiger partial charge >= 0.3 is 0 Å². The standard InChI is InChI=1S/C28H33ClN4O2/c29-21-6-1-5-19(17-21)12-14-30-25-8-2-7-22-23-18-20(10-11-24(23)32-27(22)25)28(35)31-13-4-16-33-15-3-9-26(33)34/h1,5-6,10-11,17-18,25,30,32H,2-4,7-9,12-16H2,(H,31,35). The molecule has 1 unspecified atom stereocenters. The molecule has 0 spiro atoms. The van der Waals surface area contributed by atoms with Crippen LogP contribution < -0.4 is 10.6 Å². The SMILES string of the molecule is O=C(NCCCN1CCCC1=O)c1ccc2[nH]c3c(c2c1)CCCC3NCCc1cccc(Cl)c1. The summed E-state index contributed by atoms with van der Waals surface area (Å²) in [7, 11) is 0. The molecule has 1 atom stereocenters. The molecule has 35 heavy (non-hydrogen) atoms. The van der Waals surface area contributed by atoms with Crippen molar-refractivity contribution in [3.63, 3.8) is 0 Å². The van der Waals surface area contributed by atoms with Crippen LogP contribution in [0.15, 0.2) is 42.5 Å². The Morgan fingerprint density at radius 3 is 2.86 bits per heavy atom. The maximum absolute atomic E-state index is 12.8. The highest BCUT2D eigenvalue weighted by Gasteiger charge is 2.24. The fourth-order valence-corrected chi connectivity index (χ4v) is 5.62. The summed E-state index contributed by atoms with van der Waals surface area (Å²) < 4.78 is 0. The van der Waals surface area contributed by atoms with Gasteiger partial charge in [-0.15, -0.1) is 0 Å². The number of halogens is 1. The summed E-state index contributed by atoms with van der Waals surface area (Å²) >= 11 is 6.12. The Balaban J connectivity index is 1.20. The number of nitrogens with zero attached hydrogens (tertiary/aromatic N) is 1. The highest BCUT2D eigenvalue weighted by atomic mass is 35.5. The number of aromatic amines is 1. The second-order valence-corrected chi connectivity index (χ2v) is 10.1. The van der Waals surface area contributed by atoms with Crippen molar-refractivity contribution in [3.8, 4) is 0 Å². The van der Waals surface area contributed by atoms with E-state index in [1.807, 2.05) is 41.3 Å². The van der Waals surface area contributed by atoms with Crippen LogP contribution in [-0.2, 0) is 17.6 Å². The third-order valence-corrected chi connectivity index (χ3v) is 7.46. The summed E-state index contributed by atoms with van der Waals surface area (Å²) in [6.45, 7) is 3.02. The molecule has 2 aliphatic rings. The van der Waals surface area contributed by atoms with Crippen molar-refractivity contribution in [3.05, 3.63) is 69.9 Å². The Kier molecular flexibility index (Phi) is 7.40. The predicted octanol–water partition coefficient (Wildman–Crippen LogP) is 4.77. The number of carbonyl (C=O) groups excluding carboxylic acids is 2. The number of aromatic nitrogens is 1. The Hall–Kier alpha value is -2.83. The number of hydrogen-bond acceptors (Lipinski definition) is 3. The van der Waals surface area contributed by atoms with E-state index in [-0.39, 0.29) is 17.9 Å². The predicted molar refractivity (Wildman–Crippen MR) is 140 cm³/mol. The number of amides is 2. The van der Waals surface area contributed by atoms with Crippen LogP contribution in [0, 0.1) is 0 Å². The van der Waals surface area contributed by atoms with Gasteiger partial charge in [-0.3, -0.25) is 9.59 Å². The van der Waals surface area contributed by atoms with Crippen LogP contribution in [-0.4, -0.2) is 47.9 Å². The van der Waals surface area contributed by atoms with Gasteiger partial charge in [-0.1, -0.05) is 23.7 Å². The molecule has 2 aromatic carbocycles. The van der Waals surface area contributed by atoms with Crippen molar-refractivity contribution < 1.29 is 9.59 Å². The molecule has 1 aliphatic heterocycles. The van der Waals surface area contributed by atoms with E-state index in [9.17, 15) is 9.59 Å². The van der Waals surface area contributed by atoms with Gasteiger partial charge in [0.2, 0.25) is 5.91 Å². The van der Waals surface area contributed by atoms with E-state index in [2.05, 4.69) is 21.7 Å². The molecule has 6 nitrogen and oxygen atoms in total. The van der Waals surface area contributed by atoms with Gasteiger partial charge < -0.3 is 20.5 Å². The zero-order valence-electron chi connectivity index (χ0n) is 20.0. The topological polar surface area (TPSA) is 77.2 Å². The summed E-state index contributed by atoms with van der Waals surface area (Å²) in [5.41, 5.74) is 5.59. The lowest BCUT2D eigenvalue weighted by Gasteiger charge is -2.24. The van der Waals surface area contributed by atoms with Gasteiger partial charge in [-0.2, -0.15) is 0 Å². The smallest absolute Gasteiger partial charge is 0.251 e. The van der Waals surface area contributed by atoms with E-state index < -0.39 is 0 Å². The first-order chi connectivity index (χ1) is 17.1. The molecule has 0 bridgehead atoms. The number of rotatable bonds is 9. The normalized spacial score (nSPS) is 17.7. The van der Waals surface area contributed by atoms with Crippen molar-refractivity contribution in [1.29, 1.82) is 0 Å². The number of fused-ring (bicyclic) bond motifs is 3. The largest absolute Gasteiger partial charge is 0.357 e. The molecule has 5 rings (SSSR count). The summed E-state index contributed by atoms with van der Waals surface area (Å²) in [5, 5.41) is 8.67. The molecule has 7 heteroatoms. The molecule has 1 fully saturated rings. The molecule has 3 aromatic rings. The summed E-state index contributed by atoms with van der Waals surface area (Å²) in [5.74, 6) is 0.179. The number of likely N-dealkylation sites (tertiary alicyclic amines) is 1. The third-order valence-electron chi connectivity index (χ3n) is 7.22. The Morgan fingerprint density at radius 2 is 2.03 bits per heavy atom. The average Bonchev–Trinajstić information content (AvgIpc) is 3.44. The molecular formula is C28H33ClN4O2. The summed E-state index contributed by atoms with van der Waals surface area (Å²) in [6.07, 6.45) is 6.57. The van der Waals surface area contributed by atoms with Crippen LogP contribution in [0.3, 0.4) is 0 Å². The number of benzene rings is 2. The van der Waals surface area contributed by atoms with Crippen LogP contribution in [0.4, 0.5) is 0 Å². The molecule has 184 valence electrons. The number of carbonyl (C=O) groups is 2. The van der Waals surface area contributed by atoms with Crippen LogP contribution in [0.2, 0.25) is 5.02 Å². The van der Waals surface area contributed by atoms with E-state index in [0.717, 1.165) is 74.1 Å². The van der Waals surface area contributed by atoms with Crippen LogP contribution in [0.1, 0.15) is 65.3 Å². The zero-order chi connectivity index (χ0) is 24.2. The minimum atomic E-state index is -0.0541. The van der Waals surface area contributed by atoms with Gasteiger partial charge in [0.1, 0.15) is 0 Å². The Labute approximate surface area is 211 Å². The fraction of sp³-hybridized carbons (Fsp3) is 0.429. The Morgan fingerprint density at radius 1 is 1.11 bits per heavy atom. The quantitative estimate of drug-likeness (QED) is 0.376. The van der Waals surface area contributed by atoms with E-state index in [0.29, 0.717) is 18.5 Å². The highest BCUT2D eigenvalue weighted by molar-refractivity contribution is 6.30. The van der Waals surface area contributed by atoms with Crippen LogP contribution in [0.5, 0.6) is 0 Å². The average molecular weight is 493 g/mol. The molecule has 0 saturated carbocycles. The molecule has 2 amide bonds. The van der Waals surface area contributed by atoms with Crippen LogP contribution in [0.25, 0.3) is 10.9 Å². The number of hydrogen-bond donors (Lipinski definition) is 3. The van der Waals surface area contributed by atoms with E-state index in [4.69, 9.17) is 11.6 Å². The first-order valence-electron chi connectivity index (χ1n) is 12.8. The highest BCUT2D eigenvalue weighted by Crippen LogP contribution is 2.35. The van der Waals surface area contributed by atoms with Gasteiger partial charge in [0.15, 0.2) is 0 Å². The molecule has 1 aliphatic carbocycles. The first kappa shape index (κ1) is 23.9. The van der Waals surface area contributed by atoms with Gasteiger partial charge in [-0.05, 0) is 86.5 Å². The van der Waals surface area contributed by atoms with E-state index in [1.165, 1.54) is 16.8 Å². The molecule has 1 saturated heterocycles. The minimum absolute atomic E-state index is 0.0541. The maximum Gasteiger partial charge on any atom is 0.251 e. The number of aryl methyl sites for hydroxylation is 1. The monoisotopic (exact) mass is 492 g/mol. The molecule has 2 heterocycles. The van der Waals surface area contributed by atoms with Gasteiger partial charge in [0.05, 0.1) is 0 Å². The van der Waals surface area contributed by atoms with Crippen molar-refractivity contribution >= 4 is 34.3 Å². The fourth-order valence-electron chi connectivity index (χ4n) is 5.41. The van der Waals surface area contributed by atoms with Crippen LogP contribution >= 0.6 is 11.6 Å². The first-order valence-corrected chi connectivity index (χ1v) is 13.1. The van der Waals surface area contributed by atoms with Gasteiger partial charge in [0.25, 0.3) is 5.91 Å². The molecular weight excluding hydrogens is 460 g/mol. The van der Waals surface area contributed by atoms with E-state index >= 15 is 0 Å².